The Hall–Kier alpha value is -1.59. The minimum atomic E-state index is 0.213. The number of hydrogen-bond donors (Lipinski definition) is 1. The van der Waals surface area contributed by atoms with Crippen molar-refractivity contribution < 1.29 is 9.47 Å². The smallest absolute Gasteiger partial charge is 0.126 e. The maximum atomic E-state index is 6.01. The van der Waals surface area contributed by atoms with Gasteiger partial charge in [-0.1, -0.05) is 6.07 Å². The van der Waals surface area contributed by atoms with Crippen LogP contribution in [-0.4, -0.2) is 24.7 Å². The number of aryl methyl sites for hydroxylation is 2. The van der Waals surface area contributed by atoms with Crippen molar-refractivity contribution in [2.24, 2.45) is 5.73 Å². The first-order valence-electron chi connectivity index (χ1n) is 8.11. The van der Waals surface area contributed by atoms with Crippen LogP contribution in [0.3, 0.4) is 0 Å². The van der Waals surface area contributed by atoms with Crippen molar-refractivity contribution in [3.8, 4) is 11.5 Å². The molecule has 2 N–H and O–H groups in total. The molecule has 0 aliphatic carbocycles. The average molecular weight is 334 g/mol. The zero-order chi connectivity index (χ0) is 16.8. The van der Waals surface area contributed by atoms with Crippen molar-refractivity contribution in [1.29, 1.82) is 0 Å². The predicted molar refractivity (Wildman–Crippen MR) is 95.9 cm³/mol. The topological polar surface area (TPSA) is 57.4 Å². The maximum Gasteiger partial charge on any atom is 0.126 e. The van der Waals surface area contributed by atoms with Gasteiger partial charge >= 0.3 is 0 Å². The van der Waals surface area contributed by atoms with Crippen molar-refractivity contribution in [2.45, 2.75) is 40.0 Å². The Morgan fingerprint density at radius 1 is 1.17 bits per heavy atom. The van der Waals surface area contributed by atoms with Crippen molar-refractivity contribution in [1.82, 2.24) is 4.98 Å². The summed E-state index contributed by atoms with van der Waals surface area (Å²) in [6.07, 6.45) is 0.824. The number of rotatable bonds is 8. The lowest BCUT2D eigenvalue weighted by molar-refractivity contribution is 0.320. The normalized spacial score (nSPS) is 12.2. The Morgan fingerprint density at radius 3 is 2.48 bits per heavy atom. The Bertz CT molecular complexity index is 620. The summed E-state index contributed by atoms with van der Waals surface area (Å²) in [4.78, 5) is 5.93. The molecule has 0 spiro atoms. The minimum absolute atomic E-state index is 0.213. The van der Waals surface area contributed by atoms with E-state index in [2.05, 4.69) is 18.0 Å². The molecule has 1 aromatic heterocycles. The van der Waals surface area contributed by atoms with Gasteiger partial charge in [-0.3, -0.25) is 0 Å². The second-order valence-electron chi connectivity index (χ2n) is 5.47. The maximum absolute atomic E-state index is 6.01. The Morgan fingerprint density at radius 2 is 1.91 bits per heavy atom. The molecule has 2 aromatic rings. The molecule has 1 unspecified atom stereocenters. The first-order chi connectivity index (χ1) is 11.1. The molecule has 1 atom stereocenters. The first-order valence-corrected chi connectivity index (χ1v) is 8.93. The Labute approximate surface area is 142 Å². The molecule has 2 rings (SSSR count). The van der Waals surface area contributed by atoms with Crippen LogP contribution in [0, 0.1) is 13.8 Å². The van der Waals surface area contributed by atoms with Gasteiger partial charge in [0.1, 0.15) is 11.5 Å². The molecule has 0 fully saturated rings. The number of thiazole rings is 1. The van der Waals surface area contributed by atoms with E-state index in [-0.39, 0.29) is 5.92 Å². The third-order valence-corrected chi connectivity index (χ3v) is 5.03. The van der Waals surface area contributed by atoms with E-state index in [0.717, 1.165) is 34.2 Å². The van der Waals surface area contributed by atoms with Crippen LogP contribution in [0.5, 0.6) is 11.5 Å². The van der Waals surface area contributed by atoms with Gasteiger partial charge in [-0.05, 0) is 45.7 Å². The summed E-state index contributed by atoms with van der Waals surface area (Å²) in [5.74, 6) is 1.93. The van der Waals surface area contributed by atoms with Gasteiger partial charge in [-0.25, -0.2) is 4.98 Å². The highest BCUT2D eigenvalue weighted by atomic mass is 32.1. The highest BCUT2D eigenvalue weighted by Crippen LogP contribution is 2.32. The summed E-state index contributed by atoms with van der Waals surface area (Å²) >= 11 is 1.74. The Kier molecular flexibility index (Phi) is 6.42. The summed E-state index contributed by atoms with van der Waals surface area (Å²) in [5.41, 5.74) is 8.26. The molecule has 23 heavy (non-hydrogen) atoms. The molecule has 126 valence electrons. The molecule has 0 aliphatic heterocycles. The SMILES string of the molecule is CCOc1ccc(CC(CN)c2nc(C)c(C)s2)c(OCC)c1. The molecule has 0 bridgehead atoms. The van der Waals surface area contributed by atoms with Gasteiger partial charge in [-0.2, -0.15) is 0 Å². The fourth-order valence-corrected chi connectivity index (χ4v) is 3.49. The molecule has 0 aliphatic rings. The van der Waals surface area contributed by atoms with E-state index in [0.29, 0.717) is 19.8 Å². The van der Waals surface area contributed by atoms with Crippen LogP contribution < -0.4 is 15.2 Å². The molecular formula is C18H26N2O2S. The van der Waals surface area contributed by atoms with Crippen LogP contribution in [0.2, 0.25) is 0 Å². The summed E-state index contributed by atoms with van der Waals surface area (Å²) in [7, 11) is 0. The summed E-state index contributed by atoms with van der Waals surface area (Å²) < 4.78 is 11.4. The van der Waals surface area contributed by atoms with Crippen molar-refractivity contribution in [2.75, 3.05) is 19.8 Å². The fraction of sp³-hybridized carbons (Fsp3) is 0.500. The fourth-order valence-electron chi connectivity index (χ4n) is 2.46. The quantitative estimate of drug-likeness (QED) is 0.797. The van der Waals surface area contributed by atoms with Gasteiger partial charge in [0.15, 0.2) is 0 Å². The van der Waals surface area contributed by atoms with Crippen LogP contribution in [0.15, 0.2) is 18.2 Å². The van der Waals surface area contributed by atoms with Crippen LogP contribution in [0.1, 0.15) is 40.9 Å². The molecule has 0 radical (unpaired) electrons. The van der Waals surface area contributed by atoms with E-state index in [1.807, 2.05) is 32.9 Å². The van der Waals surface area contributed by atoms with E-state index < -0.39 is 0 Å². The van der Waals surface area contributed by atoms with E-state index in [9.17, 15) is 0 Å². The number of hydrogen-bond acceptors (Lipinski definition) is 5. The minimum Gasteiger partial charge on any atom is -0.494 e. The lowest BCUT2D eigenvalue weighted by atomic mass is 9.99. The number of ether oxygens (including phenoxy) is 2. The number of nitrogens with zero attached hydrogens (tertiary/aromatic N) is 1. The molecule has 0 amide bonds. The van der Waals surface area contributed by atoms with Crippen LogP contribution in [-0.2, 0) is 6.42 Å². The zero-order valence-corrected chi connectivity index (χ0v) is 15.2. The lowest BCUT2D eigenvalue weighted by Gasteiger charge is -2.16. The molecule has 0 saturated heterocycles. The second kappa shape index (κ2) is 8.31. The van der Waals surface area contributed by atoms with Gasteiger partial charge in [0.05, 0.1) is 23.9 Å². The first kappa shape index (κ1) is 17.8. The monoisotopic (exact) mass is 334 g/mol. The summed E-state index contributed by atoms with van der Waals surface area (Å²) in [5, 5.41) is 1.11. The number of aromatic nitrogens is 1. The third kappa shape index (κ3) is 4.45. The second-order valence-corrected chi connectivity index (χ2v) is 6.70. The van der Waals surface area contributed by atoms with Crippen molar-refractivity contribution in [3.63, 3.8) is 0 Å². The molecule has 1 heterocycles. The van der Waals surface area contributed by atoms with Crippen LogP contribution in [0.25, 0.3) is 0 Å². The van der Waals surface area contributed by atoms with Crippen LogP contribution in [0.4, 0.5) is 0 Å². The van der Waals surface area contributed by atoms with Crippen molar-refractivity contribution in [3.05, 3.63) is 39.3 Å². The molecular weight excluding hydrogens is 308 g/mol. The predicted octanol–water partition coefficient (Wildman–Crippen LogP) is 3.84. The zero-order valence-electron chi connectivity index (χ0n) is 14.4. The number of benzene rings is 1. The van der Waals surface area contributed by atoms with E-state index in [4.69, 9.17) is 15.2 Å². The van der Waals surface area contributed by atoms with E-state index >= 15 is 0 Å². The van der Waals surface area contributed by atoms with Gasteiger partial charge in [0.25, 0.3) is 0 Å². The van der Waals surface area contributed by atoms with Crippen LogP contribution >= 0.6 is 11.3 Å². The molecule has 4 nitrogen and oxygen atoms in total. The van der Waals surface area contributed by atoms with Gasteiger partial charge in [0.2, 0.25) is 0 Å². The number of nitrogens with two attached hydrogens (primary N) is 1. The molecule has 5 heteroatoms. The van der Waals surface area contributed by atoms with E-state index in [1.165, 1.54) is 4.88 Å². The lowest BCUT2D eigenvalue weighted by Crippen LogP contribution is -2.15. The van der Waals surface area contributed by atoms with Gasteiger partial charge < -0.3 is 15.2 Å². The van der Waals surface area contributed by atoms with Gasteiger partial charge in [-0.15, -0.1) is 11.3 Å². The van der Waals surface area contributed by atoms with Gasteiger partial charge in [0, 0.05) is 23.4 Å². The molecule has 0 saturated carbocycles. The van der Waals surface area contributed by atoms with E-state index in [1.54, 1.807) is 11.3 Å². The highest BCUT2D eigenvalue weighted by molar-refractivity contribution is 7.11. The Balaban J connectivity index is 2.25. The largest absolute Gasteiger partial charge is 0.494 e. The summed E-state index contributed by atoms with van der Waals surface area (Å²) in [6, 6.07) is 6.04. The third-order valence-electron chi connectivity index (χ3n) is 3.79. The van der Waals surface area contributed by atoms with Crippen molar-refractivity contribution >= 4 is 11.3 Å². The average Bonchev–Trinajstić information content (AvgIpc) is 2.86. The standard InChI is InChI=1S/C18H26N2O2S/c1-5-21-16-8-7-14(17(10-16)22-6-2)9-15(11-19)18-20-12(3)13(4)23-18/h7-8,10,15H,5-6,9,11,19H2,1-4H3. The highest BCUT2D eigenvalue weighted by Gasteiger charge is 2.18. The molecule has 1 aromatic carbocycles. The summed E-state index contributed by atoms with van der Waals surface area (Å²) in [6.45, 7) is 9.97.